The molecule has 0 radical (unpaired) electrons. The molecule has 0 saturated carbocycles. The summed E-state index contributed by atoms with van der Waals surface area (Å²) in [6.45, 7) is 0.350. The molecule has 0 unspecified atom stereocenters. The Labute approximate surface area is 169 Å². The number of sulfonamides is 1. The van der Waals surface area contributed by atoms with E-state index in [1.165, 1.54) is 19.1 Å². The van der Waals surface area contributed by atoms with Gasteiger partial charge in [0.2, 0.25) is 5.91 Å². The zero-order valence-corrected chi connectivity index (χ0v) is 16.1. The summed E-state index contributed by atoms with van der Waals surface area (Å²) in [5, 5.41) is 13.2. The molecule has 3 rings (SSSR count). The molecular weight excluding hydrogens is 425 g/mol. The molecule has 2 aromatic rings. The minimum Gasteiger partial charge on any atom is -0.348 e. The minimum atomic E-state index is -4.86. The predicted octanol–water partition coefficient (Wildman–Crippen LogP) is 2.39. The molecule has 1 atom stereocenters. The van der Waals surface area contributed by atoms with Crippen molar-refractivity contribution in [3.8, 4) is 6.07 Å². The number of halogens is 3. The van der Waals surface area contributed by atoms with E-state index in [0.29, 0.717) is 6.07 Å². The second kappa shape index (κ2) is 7.68. The third-order valence-electron chi connectivity index (χ3n) is 4.33. The lowest BCUT2D eigenvalue weighted by molar-refractivity contribution is -0.121. The fraction of sp³-hybridized carbons (Fsp3) is 0.167. The Kier molecular flexibility index (Phi) is 5.41. The van der Waals surface area contributed by atoms with Crippen LogP contribution in [0.25, 0.3) is 0 Å². The number of nitrogens with one attached hydrogen (secondary N) is 2. The molecule has 0 aromatic heterocycles. The molecule has 1 heterocycles. The van der Waals surface area contributed by atoms with Gasteiger partial charge in [0.25, 0.3) is 10.0 Å². The zero-order chi connectivity index (χ0) is 22.2. The van der Waals surface area contributed by atoms with Crippen LogP contribution in [0.15, 0.2) is 35.2 Å². The summed E-state index contributed by atoms with van der Waals surface area (Å²) < 4.78 is 66.9. The molecular formula is C18H13F3N4O4S. The number of anilines is 1. The largest absolute Gasteiger partial charge is 0.348 e. The molecule has 12 heteroatoms. The molecule has 2 aromatic carbocycles. The van der Waals surface area contributed by atoms with Crippen LogP contribution in [-0.4, -0.2) is 31.2 Å². The van der Waals surface area contributed by atoms with Crippen LogP contribution in [0.4, 0.5) is 23.7 Å². The van der Waals surface area contributed by atoms with Gasteiger partial charge in [0.15, 0.2) is 11.6 Å². The second-order valence-electron chi connectivity index (χ2n) is 6.32. The van der Waals surface area contributed by atoms with Gasteiger partial charge in [-0.2, -0.15) is 5.26 Å². The van der Waals surface area contributed by atoms with Crippen molar-refractivity contribution in [1.82, 2.24) is 9.62 Å². The Morgan fingerprint density at radius 1 is 1.23 bits per heavy atom. The Morgan fingerprint density at radius 2 is 1.93 bits per heavy atom. The summed E-state index contributed by atoms with van der Waals surface area (Å²) in [5.41, 5.74) is -0.367. The molecule has 30 heavy (non-hydrogen) atoms. The van der Waals surface area contributed by atoms with Gasteiger partial charge >= 0.3 is 6.03 Å². The summed E-state index contributed by atoms with van der Waals surface area (Å²) >= 11 is 0. The van der Waals surface area contributed by atoms with Crippen molar-refractivity contribution >= 4 is 27.6 Å². The van der Waals surface area contributed by atoms with Crippen LogP contribution >= 0.6 is 0 Å². The number of amides is 3. The minimum absolute atomic E-state index is 0.0202. The normalized spacial score (nSPS) is 15.6. The molecule has 0 spiro atoms. The van der Waals surface area contributed by atoms with E-state index in [0.717, 1.165) is 12.1 Å². The van der Waals surface area contributed by atoms with Gasteiger partial charge in [0.05, 0.1) is 23.4 Å². The Hall–Kier alpha value is -3.59. The third kappa shape index (κ3) is 3.67. The maximum absolute atomic E-state index is 14.1. The van der Waals surface area contributed by atoms with Crippen molar-refractivity contribution in [2.75, 3.05) is 11.9 Å². The van der Waals surface area contributed by atoms with E-state index >= 15 is 0 Å². The summed E-state index contributed by atoms with van der Waals surface area (Å²) in [5.74, 6) is -4.89. The lowest BCUT2D eigenvalue weighted by Crippen LogP contribution is -2.49. The third-order valence-corrected chi connectivity index (χ3v) is 6.12. The van der Waals surface area contributed by atoms with Crippen LogP contribution in [0.3, 0.4) is 0 Å². The van der Waals surface area contributed by atoms with Crippen molar-refractivity contribution in [3.05, 3.63) is 58.9 Å². The number of carbonyl (C=O) groups excluding carboxylic acids is 2. The van der Waals surface area contributed by atoms with Gasteiger partial charge in [-0.25, -0.2) is 30.7 Å². The molecule has 1 aliphatic rings. The average molecular weight is 438 g/mol. The van der Waals surface area contributed by atoms with Crippen molar-refractivity contribution in [2.45, 2.75) is 17.9 Å². The molecule has 0 aliphatic carbocycles. The highest BCUT2D eigenvalue weighted by molar-refractivity contribution is 7.90. The fourth-order valence-corrected chi connectivity index (χ4v) is 4.37. The first-order chi connectivity index (χ1) is 14.1. The topological polar surface area (TPSA) is 119 Å². The first-order valence-corrected chi connectivity index (χ1v) is 9.81. The highest BCUT2D eigenvalue weighted by atomic mass is 32.2. The smallest absolute Gasteiger partial charge is 0.336 e. The molecule has 1 aliphatic heterocycles. The van der Waals surface area contributed by atoms with E-state index in [1.807, 2.05) is 0 Å². The first kappa shape index (κ1) is 21.1. The van der Waals surface area contributed by atoms with Gasteiger partial charge in [-0.1, -0.05) is 6.07 Å². The van der Waals surface area contributed by atoms with E-state index < -0.39 is 62.6 Å². The Balaban J connectivity index is 1.82. The van der Waals surface area contributed by atoms with Crippen molar-refractivity contribution in [2.24, 2.45) is 0 Å². The molecule has 2 N–H and O–H groups in total. The standard InChI is InChI=1S/C18H13F3N4O4S/c1-9(11-3-2-10(7-22)6-13(11)20)23-15(26)8-25-18(27)24-14-5-4-12(19)16(21)17(14)30(25,28)29/h2-6,9H,8H2,1H3,(H,23,26)(H,24,27)/t9-/m0/s1. The fourth-order valence-electron chi connectivity index (χ4n) is 2.88. The first-order valence-electron chi connectivity index (χ1n) is 8.37. The number of nitriles is 1. The van der Waals surface area contributed by atoms with Gasteiger partial charge in [0, 0.05) is 5.56 Å². The van der Waals surface area contributed by atoms with E-state index in [9.17, 15) is 31.2 Å². The van der Waals surface area contributed by atoms with Crippen LogP contribution in [0.5, 0.6) is 0 Å². The number of nitrogens with zero attached hydrogens (tertiary/aromatic N) is 2. The molecule has 0 saturated heterocycles. The van der Waals surface area contributed by atoms with Gasteiger partial charge in [-0.3, -0.25) is 4.79 Å². The van der Waals surface area contributed by atoms with E-state index in [4.69, 9.17) is 5.26 Å². The van der Waals surface area contributed by atoms with Crippen LogP contribution in [0, 0.1) is 28.8 Å². The van der Waals surface area contributed by atoms with Crippen LogP contribution in [0.2, 0.25) is 0 Å². The van der Waals surface area contributed by atoms with E-state index in [2.05, 4.69) is 10.6 Å². The molecule has 8 nitrogen and oxygen atoms in total. The van der Waals surface area contributed by atoms with Crippen LogP contribution in [0.1, 0.15) is 24.1 Å². The lowest BCUT2D eigenvalue weighted by atomic mass is 10.1. The summed E-state index contributed by atoms with van der Waals surface area (Å²) in [6.07, 6.45) is 0. The maximum atomic E-state index is 14.1. The molecule has 0 fully saturated rings. The van der Waals surface area contributed by atoms with E-state index in [-0.39, 0.29) is 15.4 Å². The number of benzene rings is 2. The summed E-state index contributed by atoms with van der Waals surface area (Å²) in [6, 6.07) is 4.69. The summed E-state index contributed by atoms with van der Waals surface area (Å²) in [4.78, 5) is 23.3. The molecule has 0 bridgehead atoms. The van der Waals surface area contributed by atoms with Crippen molar-refractivity contribution in [1.29, 1.82) is 5.26 Å². The average Bonchev–Trinajstić information content (AvgIpc) is 2.67. The predicted molar refractivity (Wildman–Crippen MR) is 96.9 cm³/mol. The Morgan fingerprint density at radius 3 is 2.57 bits per heavy atom. The Bertz CT molecular complexity index is 1210. The number of rotatable bonds is 4. The lowest BCUT2D eigenvalue weighted by Gasteiger charge is -2.29. The van der Waals surface area contributed by atoms with Crippen molar-refractivity contribution in [3.63, 3.8) is 0 Å². The van der Waals surface area contributed by atoms with Crippen LogP contribution in [-0.2, 0) is 14.8 Å². The van der Waals surface area contributed by atoms with Gasteiger partial charge in [-0.15, -0.1) is 0 Å². The zero-order valence-electron chi connectivity index (χ0n) is 15.2. The SMILES string of the molecule is C[C@H](NC(=O)CN1C(=O)Nc2ccc(F)c(F)c2S1(=O)=O)c1ccc(C#N)cc1F. The highest BCUT2D eigenvalue weighted by Gasteiger charge is 2.41. The summed E-state index contributed by atoms with van der Waals surface area (Å²) in [7, 11) is -4.86. The van der Waals surface area contributed by atoms with Crippen LogP contribution < -0.4 is 10.6 Å². The monoisotopic (exact) mass is 438 g/mol. The second-order valence-corrected chi connectivity index (χ2v) is 8.12. The van der Waals surface area contributed by atoms with Gasteiger partial charge < -0.3 is 10.6 Å². The number of hydrogen-bond donors (Lipinski definition) is 2. The highest BCUT2D eigenvalue weighted by Crippen LogP contribution is 2.33. The number of carbonyl (C=O) groups is 2. The van der Waals surface area contributed by atoms with Gasteiger partial charge in [-0.05, 0) is 31.2 Å². The molecule has 156 valence electrons. The number of hydrogen-bond acceptors (Lipinski definition) is 5. The van der Waals surface area contributed by atoms with E-state index in [1.54, 1.807) is 6.07 Å². The quantitative estimate of drug-likeness (QED) is 0.760. The number of urea groups is 1. The molecule has 3 amide bonds. The maximum Gasteiger partial charge on any atom is 0.336 e. The van der Waals surface area contributed by atoms with Gasteiger partial charge in [0.1, 0.15) is 17.3 Å². The number of fused-ring (bicyclic) bond motifs is 1. The van der Waals surface area contributed by atoms with Crippen molar-refractivity contribution < 1.29 is 31.2 Å².